The summed E-state index contributed by atoms with van der Waals surface area (Å²) in [7, 11) is 0. The summed E-state index contributed by atoms with van der Waals surface area (Å²) in [4.78, 5) is 24.3. The molecule has 0 aliphatic carbocycles. The molecule has 2 amide bonds. The van der Waals surface area contributed by atoms with E-state index < -0.39 is 0 Å². The number of carbonyl (C=O) groups excluding carboxylic acids is 2. The SMILES string of the molecule is O=C(CCC1(Cc2ccc3ccccc3c2)CCC(=O)N1)NCC1CCCO1. The van der Waals surface area contributed by atoms with Gasteiger partial charge in [0.2, 0.25) is 11.8 Å². The lowest BCUT2D eigenvalue weighted by atomic mass is 9.84. The van der Waals surface area contributed by atoms with Gasteiger partial charge in [0.15, 0.2) is 0 Å². The number of ether oxygens (including phenoxy) is 1. The Morgan fingerprint density at radius 2 is 2.07 bits per heavy atom. The number of benzene rings is 2. The van der Waals surface area contributed by atoms with Crippen molar-refractivity contribution in [1.82, 2.24) is 10.6 Å². The van der Waals surface area contributed by atoms with Gasteiger partial charge in [0.25, 0.3) is 0 Å². The number of hydrogen-bond donors (Lipinski definition) is 2. The van der Waals surface area contributed by atoms with Gasteiger partial charge in [-0.15, -0.1) is 0 Å². The zero-order valence-corrected chi connectivity index (χ0v) is 16.2. The zero-order valence-electron chi connectivity index (χ0n) is 16.2. The van der Waals surface area contributed by atoms with Gasteiger partial charge < -0.3 is 15.4 Å². The Hall–Kier alpha value is -2.40. The predicted molar refractivity (Wildman–Crippen MR) is 109 cm³/mol. The van der Waals surface area contributed by atoms with Crippen molar-refractivity contribution >= 4 is 22.6 Å². The van der Waals surface area contributed by atoms with E-state index in [9.17, 15) is 9.59 Å². The highest BCUT2D eigenvalue weighted by Gasteiger charge is 2.37. The Morgan fingerprint density at radius 3 is 2.82 bits per heavy atom. The van der Waals surface area contributed by atoms with Crippen LogP contribution in [0.1, 0.15) is 44.1 Å². The normalized spacial score (nSPS) is 24.4. The Bertz CT molecular complexity index is 860. The van der Waals surface area contributed by atoms with Gasteiger partial charge in [0, 0.05) is 31.5 Å². The molecule has 5 heteroatoms. The first-order valence-electron chi connectivity index (χ1n) is 10.3. The molecule has 2 aliphatic heterocycles. The van der Waals surface area contributed by atoms with E-state index in [0.717, 1.165) is 32.3 Å². The highest BCUT2D eigenvalue weighted by Crippen LogP contribution is 2.30. The minimum absolute atomic E-state index is 0.0366. The van der Waals surface area contributed by atoms with Crippen molar-refractivity contribution in [2.75, 3.05) is 13.2 Å². The van der Waals surface area contributed by atoms with Gasteiger partial charge in [-0.05, 0) is 48.4 Å². The molecule has 2 fully saturated rings. The molecule has 28 heavy (non-hydrogen) atoms. The molecule has 2 unspecified atom stereocenters. The van der Waals surface area contributed by atoms with Crippen LogP contribution in [0.2, 0.25) is 0 Å². The molecule has 0 radical (unpaired) electrons. The van der Waals surface area contributed by atoms with Crippen molar-refractivity contribution in [3.63, 3.8) is 0 Å². The summed E-state index contributed by atoms with van der Waals surface area (Å²) in [5.74, 6) is 0.120. The molecule has 0 saturated carbocycles. The van der Waals surface area contributed by atoms with Gasteiger partial charge in [-0.1, -0.05) is 42.5 Å². The van der Waals surface area contributed by atoms with Crippen LogP contribution < -0.4 is 10.6 Å². The maximum Gasteiger partial charge on any atom is 0.220 e. The summed E-state index contributed by atoms with van der Waals surface area (Å²) >= 11 is 0. The fourth-order valence-corrected chi connectivity index (χ4v) is 4.40. The Balaban J connectivity index is 1.39. The topological polar surface area (TPSA) is 67.4 Å². The Kier molecular flexibility index (Phi) is 5.62. The molecule has 0 spiro atoms. The van der Waals surface area contributed by atoms with Crippen LogP contribution in [0.25, 0.3) is 10.8 Å². The van der Waals surface area contributed by atoms with Crippen LogP contribution in [0.3, 0.4) is 0 Å². The molecule has 2 aromatic carbocycles. The fourth-order valence-electron chi connectivity index (χ4n) is 4.40. The highest BCUT2D eigenvalue weighted by molar-refractivity contribution is 5.83. The van der Waals surface area contributed by atoms with Gasteiger partial charge in [-0.25, -0.2) is 0 Å². The third-order valence-corrected chi connectivity index (χ3v) is 5.97. The van der Waals surface area contributed by atoms with E-state index in [1.807, 2.05) is 12.1 Å². The molecule has 0 aromatic heterocycles. The lowest BCUT2D eigenvalue weighted by Crippen LogP contribution is -2.44. The van der Waals surface area contributed by atoms with Crippen LogP contribution in [0.4, 0.5) is 0 Å². The third-order valence-electron chi connectivity index (χ3n) is 5.97. The fraction of sp³-hybridized carbons (Fsp3) is 0.478. The van der Waals surface area contributed by atoms with Crippen molar-refractivity contribution in [2.45, 2.75) is 56.6 Å². The summed E-state index contributed by atoms with van der Waals surface area (Å²) in [6.07, 6.45) is 5.38. The van der Waals surface area contributed by atoms with Crippen LogP contribution in [-0.2, 0) is 20.7 Å². The summed E-state index contributed by atoms with van der Waals surface area (Å²) < 4.78 is 5.56. The quantitative estimate of drug-likeness (QED) is 0.776. The third kappa shape index (κ3) is 4.53. The van der Waals surface area contributed by atoms with Gasteiger partial charge >= 0.3 is 0 Å². The average molecular weight is 380 g/mol. The van der Waals surface area contributed by atoms with E-state index in [1.165, 1.54) is 16.3 Å². The van der Waals surface area contributed by atoms with Crippen LogP contribution >= 0.6 is 0 Å². The predicted octanol–water partition coefficient (Wildman–Crippen LogP) is 3.11. The largest absolute Gasteiger partial charge is 0.376 e. The molecule has 4 rings (SSSR count). The Morgan fingerprint density at radius 1 is 1.21 bits per heavy atom. The minimum atomic E-state index is -0.333. The smallest absolute Gasteiger partial charge is 0.220 e. The zero-order chi connectivity index (χ0) is 19.4. The highest BCUT2D eigenvalue weighted by atomic mass is 16.5. The van der Waals surface area contributed by atoms with Crippen LogP contribution in [0.5, 0.6) is 0 Å². The molecule has 2 N–H and O–H groups in total. The molecule has 5 nitrogen and oxygen atoms in total. The van der Waals surface area contributed by atoms with E-state index in [1.54, 1.807) is 0 Å². The van der Waals surface area contributed by atoms with E-state index in [0.29, 0.717) is 25.8 Å². The molecule has 2 saturated heterocycles. The lowest BCUT2D eigenvalue weighted by molar-refractivity contribution is -0.123. The van der Waals surface area contributed by atoms with Crippen molar-refractivity contribution in [3.8, 4) is 0 Å². The Labute approximate surface area is 165 Å². The molecule has 2 aliphatic rings. The van der Waals surface area contributed by atoms with E-state index in [2.05, 4.69) is 41.0 Å². The summed E-state index contributed by atoms with van der Waals surface area (Å²) in [5, 5.41) is 8.58. The second-order valence-electron chi connectivity index (χ2n) is 8.13. The van der Waals surface area contributed by atoms with Gasteiger partial charge in [-0.2, -0.15) is 0 Å². The second-order valence-corrected chi connectivity index (χ2v) is 8.13. The molecule has 2 aromatic rings. The standard InChI is InChI=1S/C23H28N2O3/c26-21(24-16-20-6-3-13-28-20)9-11-23(12-10-22(27)25-23)15-17-7-8-18-4-1-2-5-19(18)14-17/h1-2,4-5,7-8,14,20H,3,6,9-13,15-16H2,(H,24,26)(H,25,27). The summed E-state index contributed by atoms with van der Waals surface area (Å²) in [6.45, 7) is 1.38. The van der Waals surface area contributed by atoms with Crippen LogP contribution in [0, 0.1) is 0 Å². The van der Waals surface area contributed by atoms with E-state index >= 15 is 0 Å². The number of amides is 2. The maximum atomic E-state index is 12.3. The van der Waals surface area contributed by atoms with E-state index in [4.69, 9.17) is 4.74 Å². The van der Waals surface area contributed by atoms with Gasteiger partial charge in [0.1, 0.15) is 0 Å². The summed E-state index contributed by atoms with van der Waals surface area (Å²) in [5.41, 5.74) is 0.862. The van der Waals surface area contributed by atoms with Gasteiger partial charge in [0.05, 0.1) is 6.10 Å². The number of carbonyl (C=O) groups is 2. The molecule has 148 valence electrons. The first kappa shape index (κ1) is 18.9. The van der Waals surface area contributed by atoms with Crippen LogP contribution in [0.15, 0.2) is 42.5 Å². The van der Waals surface area contributed by atoms with Crippen molar-refractivity contribution in [3.05, 3.63) is 48.0 Å². The van der Waals surface area contributed by atoms with Gasteiger partial charge in [-0.3, -0.25) is 9.59 Å². The number of rotatable bonds is 7. The molecular formula is C23H28N2O3. The number of nitrogens with one attached hydrogen (secondary N) is 2. The number of hydrogen-bond acceptors (Lipinski definition) is 3. The van der Waals surface area contributed by atoms with Crippen molar-refractivity contribution < 1.29 is 14.3 Å². The maximum absolute atomic E-state index is 12.3. The molecule has 2 atom stereocenters. The van der Waals surface area contributed by atoms with Crippen molar-refractivity contribution in [2.24, 2.45) is 0 Å². The average Bonchev–Trinajstić information content (AvgIpc) is 3.35. The molecule has 0 bridgehead atoms. The monoisotopic (exact) mass is 380 g/mol. The van der Waals surface area contributed by atoms with Crippen LogP contribution in [-0.4, -0.2) is 36.6 Å². The first-order valence-corrected chi connectivity index (χ1v) is 10.3. The molecule has 2 heterocycles. The molecular weight excluding hydrogens is 352 g/mol. The number of fused-ring (bicyclic) bond motifs is 1. The first-order chi connectivity index (χ1) is 13.6. The van der Waals surface area contributed by atoms with Crippen molar-refractivity contribution in [1.29, 1.82) is 0 Å². The second kappa shape index (κ2) is 8.31. The minimum Gasteiger partial charge on any atom is -0.376 e. The van der Waals surface area contributed by atoms with E-state index in [-0.39, 0.29) is 23.5 Å². The summed E-state index contributed by atoms with van der Waals surface area (Å²) in [6, 6.07) is 14.7. The lowest BCUT2D eigenvalue weighted by Gasteiger charge is -2.29.